The Morgan fingerprint density at radius 3 is 2.86 bits per heavy atom. The summed E-state index contributed by atoms with van der Waals surface area (Å²) < 4.78 is 0. The van der Waals surface area contributed by atoms with Gasteiger partial charge in [-0.05, 0) is 38.8 Å². The summed E-state index contributed by atoms with van der Waals surface area (Å²) in [5.41, 5.74) is 0. The van der Waals surface area contributed by atoms with Gasteiger partial charge < -0.3 is 9.80 Å². The predicted octanol–water partition coefficient (Wildman–Crippen LogP) is 1.48. The first-order chi connectivity index (χ1) is 10.1. The molecule has 1 N–H and O–H groups in total. The van der Waals surface area contributed by atoms with Crippen LogP contribution in [0.4, 0.5) is 0 Å². The van der Waals surface area contributed by atoms with Crippen LogP contribution in [0.1, 0.15) is 55.5 Å². The summed E-state index contributed by atoms with van der Waals surface area (Å²) in [6, 6.07) is 0.640. The molecule has 1 aromatic rings. The van der Waals surface area contributed by atoms with E-state index < -0.39 is 0 Å². The van der Waals surface area contributed by atoms with Crippen LogP contribution in [0, 0.1) is 5.92 Å². The molecule has 1 aromatic heterocycles. The summed E-state index contributed by atoms with van der Waals surface area (Å²) in [4.78, 5) is 21.3. The van der Waals surface area contributed by atoms with Crippen molar-refractivity contribution in [3.63, 3.8) is 0 Å². The van der Waals surface area contributed by atoms with E-state index in [4.69, 9.17) is 0 Å². The quantitative estimate of drug-likeness (QED) is 0.896. The normalized spacial score (nSPS) is 27.0. The van der Waals surface area contributed by atoms with Crippen molar-refractivity contribution in [3.8, 4) is 0 Å². The third-order valence-electron chi connectivity index (χ3n) is 4.87. The number of nitrogens with zero attached hydrogens (tertiary/aromatic N) is 4. The molecule has 3 heterocycles. The van der Waals surface area contributed by atoms with Crippen molar-refractivity contribution < 1.29 is 4.79 Å². The van der Waals surface area contributed by atoms with Crippen LogP contribution in [0.3, 0.4) is 0 Å². The van der Waals surface area contributed by atoms with Crippen LogP contribution in [0.5, 0.6) is 0 Å². The maximum absolute atomic E-state index is 12.6. The highest BCUT2D eigenvalue weighted by Crippen LogP contribution is 2.29. The van der Waals surface area contributed by atoms with E-state index in [-0.39, 0.29) is 11.8 Å². The Balaban J connectivity index is 1.68. The van der Waals surface area contributed by atoms with Crippen molar-refractivity contribution in [1.82, 2.24) is 25.0 Å². The van der Waals surface area contributed by atoms with E-state index in [1.54, 1.807) is 0 Å². The molecule has 2 aliphatic heterocycles. The summed E-state index contributed by atoms with van der Waals surface area (Å²) in [7, 11) is 2.21. The summed E-state index contributed by atoms with van der Waals surface area (Å²) in [6.07, 6.45) is 3.52. The number of carbonyl (C=O) groups excluding carboxylic acids is 1. The second kappa shape index (κ2) is 5.75. The molecule has 2 atom stereocenters. The van der Waals surface area contributed by atoms with Crippen LogP contribution < -0.4 is 0 Å². The second-order valence-corrected chi connectivity index (χ2v) is 6.69. The lowest BCUT2D eigenvalue weighted by atomic mass is 9.84. The minimum atomic E-state index is -0.0233. The topological polar surface area (TPSA) is 65.1 Å². The Hall–Kier alpha value is -1.43. The molecule has 116 valence electrons. The van der Waals surface area contributed by atoms with Gasteiger partial charge in [0.2, 0.25) is 5.82 Å². The second-order valence-electron chi connectivity index (χ2n) is 6.69. The minimum absolute atomic E-state index is 0.0233. The fraction of sp³-hybridized carbons (Fsp3) is 0.800. The van der Waals surface area contributed by atoms with Gasteiger partial charge in [0.05, 0.1) is 0 Å². The number of H-pyrrole nitrogens is 1. The average Bonchev–Trinajstić information content (AvgIpc) is 2.96. The van der Waals surface area contributed by atoms with E-state index in [0.717, 1.165) is 25.3 Å². The molecule has 0 saturated carbocycles. The maximum Gasteiger partial charge on any atom is 0.293 e. The smallest absolute Gasteiger partial charge is 0.293 e. The molecular formula is C15H25N5O. The van der Waals surface area contributed by atoms with Gasteiger partial charge in [-0.2, -0.15) is 0 Å². The van der Waals surface area contributed by atoms with Gasteiger partial charge in [-0.25, -0.2) is 4.98 Å². The molecule has 21 heavy (non-hydrogen) atoms. The van der Waals surface area contributed by atoms with Crippen molar-refractivity contribution >= 4 is 5.91 Å². The fourth-order valence-corrected chi connectivity index (χ4v) is 3.61. The van der Waals surface area contributed by atoms with Gasteiger partial charge in [0.1, 0.15) is 5.82 Å². The largest absolute Gasteiger partial charge is 0.335 e. The number of nitrogens with one attached hydrogen (secondary N) is 1. The number of rotatable bonds is 2. The highest BCUT2D eigenvalue weighted by molar-refractivity contribution is 5.90. The first-order valence-electron chi connectivity index (χ1n) is 7.98. The van der Waals surface area contributed by atoms with Crippen molar-refractivity contribution in [1.29, 1.82) is 0 Å². The maximum atomic E-state index is 12.6. The molecule has 6 nitrogen and oxygen atoms in total. The van der Waals surface area contributed by atoms with Crippen LogP contribution in [0.15, 0.2) is 0 Å². The standard InChI is InChI=1S/C15H25N5O/c1-10(2)13-16-14(18-17-13)15(21)20-8-6-12-11(9-20)5-4-7-19(12)3/h10-12H,4-9H2,1-3H3,(H,16,17,18). The van der Waals surface area contributed by atoms with Crippen molar-refractivity contribution in [2.45, 2.75) is 45.1 Å². The summed E-state index contributed by atoms with van der Waals surface area (Å²) in [5.74, 6) is 1.94. The van der Waals surface area contributed by atoms with E-state index >= 15 is 0 Å². The fourth-order valence-electron chi connectivity index (χ4n) is 3.61. The SMILES string of the molecule is CC(C)c1nc(C(=O)N2CCC3C(CCCN3C)C2)n[nH]1. The summed E-state index contributed by atoms with van der Waals surface area (Å²) in [5, 5.41) is 6.97. The van der Waals surface area contributed by atoms with Gasteiger partial charge in [-0.1, -0.05) is 13.8 Å². The highest BCUT2D eigenvalue weighted by atomic mass is 16.2. The van der Waals surface area contributed by atoms with E-state index in [0.29, 0.717) is 17.8 Å². The molecule has 6 heteroatoms. The monoisotopic (exact) mass is 291 g/mol. The van der Waals surface area contributed by atoms with Gasteiger partial charge in [-0.15, -0.1) is 5.10 Å². The molecule has 0 spiro atoms. The predicted molar refractivity (Wildman–Crippen MR) is 80.1 cm³/mol. The molecule has 2 unspecified atom stereocenters. The number of hydrogen-bond donors (Lipinski definition) is 1. The zero-order valence-corrected chi connectivity index (χ0v) is 13.2. The summed E-state index contributed by atoms with van der Waals surface area (Å²) >= 11 is 0. The number of hydrogen-bond acceptors (Lipinski definition) is 4. The van der Waals surface area contributed by atoms with Crippen LogP contribution in [0.2, 0.25) is 0 Å². The van der Waals surface area contributed by atoms with Crippen LogP contribution in [-0.4, -0.2) is 63.6 Å². The van der Waals surface area contributed by atoms with Gasteiger partial charge in [0.15, 0.2) is 0 Å². The van der Waals surface area contributed by atoms with Crippen LogP contribution in [0.25, 0.3) is 0 Å². The lowest BCUT2D eigenvalue weighted by Gasteiger charge is -2.45. The Bertz CT molecular complexity index is 512. The lowest BCUT2D eigenvalue weighted by Crippen LogP contribution is -2.54. The number of amides is 1. The zero-order chi connectivity index (χ0) is 15.0. The van der Waals surface area contributed by atoms with E-state index in [2.05, 4.69) is 27.1 Å². The first kappa shape index (κ1) is 14.5. The molecule has 2 aliphatic rings. The van der Waals surface area contributed by atoms with Crippen LogP contribution in [-0.2, 0) is 0 Å². The molecule has 1 amide bonds. The Kier molecular flexibility index (Phi) is 3.97. The summed E-state index contributed by atoms with van der Waals surface area (Å²) in [6.45, 7) is 6.93. The average molecular weight is 291 g/mol. The van der Waals surface area contributed by atoms with E-state index in [9.17, 15) is 4.79 Å². The molecule has 0 radical (unpaired) electrons. The number of fused-ring (bicyclic) bond motifs is 1. The molecular weight excluding hydrogens is 266 g/mol. The molecule has 2 fully saturated rings. The minimum Gasteiger partial charge on any atom is -0.335 e. The third-order valence-corrected chi connectivity index (χ3v) is 4.87. The van der Waals surface area contributed by atoms with Gasteiger partial charge >= 0.3 is 0 Å². The molecule has 0 aliphatic carbocycles. The van der Waals surface area contributed by atoms with Crippen molar-refractivity contribution in [3.05, 3.63) is 11.6 Å². The van der Waals surface area contributed by atoms with E-state index in [1.165, 1.54) is 19.4 Å². The van der Waals surface area contributed by atoms with Crippen LogP contribution >= 0.6 is 0 Å². The van der Waals surface area contributed by atoms with E-state index in [1.807, 2.05) is 18.7 Å². The Morgan fingerprint density at radius 2 is 2.14 bits per heavy atom. The Labute approximate surface area is 125 Å². The number of likely N-dealkylation sites (tertiary alicyclic amines) is 2. The first-order valence-corrected chi connectivity index (χ1v) is 7.98. The van der Waals surface area contributed by atoms with Gasteiger partial charge in [-0.3, -0.25) is 9.89 Å². The lowest BCUT2D eigenvalue weighted by molar-refractivity contribution is 0.0309. The molecule has 0 aromatic carbocycles. The van der Waals surface area contributed by atoms with Gasteiger partial charge in [0, 0.05) is 25.0 Å². The zero-order valence-electron chi connectivity index (χ0n) is 13.2. The number of piperidine rings is 2. The Morgan fingerprint density at radius 1 is 1.33 bits per heavy atom. The molecule has 0 bridgehead atoms. The molecule has 2 saturated heterocycles. The number of aromatic nitrogens is 3. The number of carbonyl (C=O) groups is 1. The third kappa shape index (κ3) is 2.81. The molecule has 3 rings (SSSR count). The van der Waals surface area contributed by atoms with Crippen molar-refractivity contribution in [2.24, 2.45) is 5.92 Å². The number of aromatic amines is 1. The highest BCUT2D eigenvalue weighted by Gasteiger charge is 2.36. The van der Waals surface area contributed by atoms with Gasteiger partial charge in [0.25, 0.3) is 5.91 Å². The van der Waals surface area contributed by atoms with Crippen molar-refractivity contribution in [2.75, 3.05) is 26.7 Å².